The Morgan fingerprint density at radius 3 is 2.71 bits per heavy atom. The number of likely N-dealkylation sites (tertiary alicyclic amines) is 1. The summed E-state index contributed by atoms with van der Waals surface area (Å²) in [5.41, 5.74) is 14.1. The number of nitrogens with two attached hydrogens (primary N) is 1. The molecule has 1 saturated heterocycles. The number of rotatable bonds is 8. The number of hydrogen-bond acceptors (Lipinski definition) is 8. The highest BCUT2D eigenvalue weighted by molar-refractivity contribution is 7.15. The van der Waals surface area contributed by atoms with Crippen molar-refractivity contribution in [3.05, 3.63) is 64.9 Å². The summed E-state index contributed by atoms with van der Waals surface area (Å²) in [5.74, 6) is 2.00. The third-order valence-electron chi connectivity index (χ3n) is 9.70. The zero-order valence-corrected chi connectivity index (χ0v) is 28.7. The second-order valence-electron chi connectivity index (χ2n) is 13.2. The van der Waals surface area contributed by atoms with Crippen LogP contribution < -0.4 is 10.5 Å². The van der Waals surface area contributed by atoms with Crippen LogP contribution in [-0.2, 0) is 20.0 Å². The molecule has 0 radical (unpaired) electrons. The number of pyridine rings is 2. The highest BCUT2D eigenvalue weighted by Crippen LogP contribution is 2.40. The van der Waals surface area contributed by atoms with Crippen molar-refractivity contribution in [3.8, 4) is 39.1 Å². The minimum atomic E-state index is -0.0358. The Morgan fingerprint density at radius 2 is 1.96 bits per heavy atom. The molecule has 48 heavy (non-hydrogen) atoms. The first kappa shape index (κ1) is 30.7. The molecule has 5 aromatic heterocycles. The van der Waals surface area contributed by atoms with Crippen LogP contribution in [0.3, 0.4) is 0 Å². The first-order valence-electron chi connectivity index (χ1n) is 16.8. The molecule has 6 aromatic rings. The third-order valence-corrected chi connectivity index (χ3v) is 11.0. The van der Waals surface area contributed by atoms with Crippen molar-refractivity contribution in [1.82, 2.24) is 34.0 Å². The number of amides is 1. The predicted octanol–water partition coefficient (Wildman–Crippen LogP) is 6.63. The number of thiazole rings is 1. The lowest BCUT2D eigenvalue weighted by molar-refractivity contribution is 0.0708. The van der Waals surface area contributed by atoms with E-state index in [0.717, 1.165) is 91.9 Å². The topological polar surface area (TPSA) is 117 Å². The summed E-state index contributed by atoms with van der Waals surface area (Å²) in [6.07, 6.45) is 7.00. The van der Waals surface area contributed by atoms with Crippen LogP contribution in [0.15, 0.2) is 48.7 Å². The number of benzene rings is 1. The Hall–Kier alpha value is -4.61. The molecular formula is C37H40N8O2S. The lowest BCUT2D eigenvalue weighted by Gasteiger charge is -2.30. The van der Waals surface area contributed by atoms with Gasteiger partial charge in [-0.15, -0.1) is 11.3 Å². The standard InChI is InChI=1S/C37H40N8O2S/c1-5-31-40-21(2)34(48-31)32-26(9-6-14-39-32)27-13-12-23-17-29(45(35(23)41-27)19-22-10-11-22)36-42-28-16-24(18-30(47-4)33(28)43(36)3)37(46)44-15-7-8-25(38)20-44/h6,9,12-14,16-18,22,25H,5,7-8,10-11,15,19-20,38H2,1-4H3/t25-/m1/s1. The fourth-order valence-corrected chi connectivity index (χ4v) is 8.03. The number of nitrogens with zero attached hydrogens (tertiary/aromatic N) is 7. The van der Waals surface area contributed by atoms with Gasteiger partial charge in [-0.2, -0.15) is 0 Å². The fourth-order valence-electron chi connectivity index (χ4n) is 7.02. The second kappa shape index (κ2) is 12.1. The highest BCUT2D eigenvalue weighted by Gasteiger charge is 2.28. The summed E-state index contributed by atoms with van der Waals surface area (Å²) in [4.78, 5) is 36.6. The summed E-state index contributed by atoms with van der Waals surface area (Å²) < 4.78 is 10.3. The third kappa shape index (κ3) is 5.35. The average molecular weight is 661 g/mol. The molecule has 2 aliphatic rings. The van der Waals surface area contributed by atoms with E-state index in [-0.39, 0.29) is 11.9 Å². The van der Waals surface area contributed by atoms with Gasteiger partial charge in [-0.05, 0) is 87.4 Å². The van der Waals surface area contributed by atoms with E-state index >= 15 is 0 Å². The molecule has 1 aromatic carbocycles. The van der Waals surface area contributed by atoms with E-state index in [1.165, 1.54) is 12.8 Å². The molecule has 6 heterocycles. The van der Waals surface area contributed by atoms with Crippen LogP contribution >= 0.6 is 11.3 Å². The average Bonchev–Trinajstić information content (AvgIpc) is 3.62. The number of hydrogen-bond donors (Lipinski definition) is 1. The van der Waals surface area contributed by atoms with Crippen molar-refractivity contribution in [2.24, 2.45) is 18.7 Å². The van der Waals surface area contributed by atoms with Crippen molar-refractivity contribution in [2.75, 3.05) is 20.2 Å². The van der Waals surface area contributed by atoms with Gasteiger partial charge in [-0.25, -0.2) is 15.0 Å². The number of aromatic nitrogens is 6. The number of aryl methyl sites for hydroxylation is 3. The van der Waals surface area contributed by atoms with Crippen LogP contribution in [-0.4, -0.2) is 66.1 Å². The molecular weight excluding hydrogens is 621 g/mol. The molecule has 246 valence electrons. The Labute approximate surface area is 283 Å². The van der Waals surface area contributed by atoms with Gasteiger partial charge in [-0.3, -0.25) is 9.78 Å². The first-order valence-corrected chi connectivity index (χ1v) is 17.7. The van der Waals surface area contributed by atoms with Crippen molar-refractivity contribution >= 4 is 39.3 Å². The maximum Gasteiger partial charge on any atom is 0.254 e. The van der Waals surface area contributed by atoms with Crippen molar-refractivity contribution in [2.45, 2.75) is 58.5 Å². The van der Waals surface area contributed by atoms with E-state index in [9.17, 15) is 4.79 Å². The van der Waals surface area contributed by atoms with E-state index in [2.05, 4.69) is 47.2 Å². The van der Waals surface area contributed by atoms with E-state index in [4.69, 9.17) is 30.4 Å². The number of piperidine rings is 1. The van der Waals surface area contributed by atoms with E-state index in [0.29, 0.717) is 30.3 Å². The predicted molar refractivity (Wildman–Crippen MR) is 190 cm³/mol. The lowest BCUT2D eigenvalue weighted by atomic mass is 10.0. The van der Waals surface area contributed by atoms with Crippen LogP contribution in [0.25, 0.3) is 55.4 Å². The Balaban J connectivity index is 1.24. The van der Waals surface area contributed by atoms with Gasteiger partial charge in [0.25, 0.3) is 5.91 Å². The SMILES string of the molecule is CCc1nc(C)c(-c2ncccc2-c2ccc3cc(-c4nc5cc(C(=O)N6CCC[C@@H](N)C6)cc(OC)c5n4C)n(CC4CC4)c3n2)s1. The molecule has 1 aliphatic carbocycles. The van der Waals surface area contributed by atoms with Gasteiger partial charge in [0.05, 0.1) is 45.3 Å². The molecule has 0 bridgehead atoms. The fraction of sp³-hybridized carbons (Fsp3) is 0.378. The molecule has 10 nitrogen and oxygen atoms in total. The number of carbonyl (C=O) groups is 1. The van der Waals surface area contributed by atoms with Crippen molar-refractivity contribution in [3.63, 3.8) is 0 Å². The Morgan fingerprint density at radius 1 is 1.10 bits per heavy atom. The number of imidazole rings is 1. The Bertz CT molecular complexity index is 2190. The van der Waals surface area contributed by atoms with Gasteiger partial charge in [0.1, 0.15) is 16.9 Å². The zero-order chi connectivity index (χ0) is 33.1. The van der Waals surface area contributed by atoms with Gasteiger partial charge in [0.15, 0.2) is 5.82 Å². The molecule has 0 unspecified atom stereocenters. The second-order valence-corrected chi connectivity index (χ2v) is 14.2. The van der Waals surface area contributed by atoms with Crippen LogP contribution in [0, 0.1) is 12.8 Å². The quantitative estimate of drug-likeness (QED) is 0.195. The van der Waals surface area contributed by atoms with Gasteiger partial charge in [0.2, 0.25) is 0 Å². The number of methoxy groups -OCH3 is 1. The molecule has 1 amide bonds. The van der Waals surface area contributed by atoms with Crippen LogP contribution in [0.1, 0.15) is 53.7 Å². The summed E-state index contributed by atoms with van der Waals surface area (Å²) in [6.45, 7) is 6.32. The molecule has 1 atom stereocenters. The maximum absolute atomic E-state index is 13.6. The first-order chi connectivity index (χ1) is 23.3. The van der Waals surface area contributed by atoms with E-state index in [1.807, 2.05) is 36.3 Å². The van der Waals surface area contributed by atoms with Gasteiger partial charge < -0.3 is 24.5 Å². The van der Waals surface area contributed by atoms with Crippen LogP contribution in [0.4, 0.5) is 0 Å². The molecule has 1 saturated carbocycles. The smallest absolute Gasteiger partial charge is 0.254 e. The van der Waals surface area contributed by atoms with Crippen LogP contribution in [0.2, 0.25) is 0 Å². The molecule has 11 heteroatoms. The molecule has 2 N–H and O–H groups in total. The van der Waals surface area contributed by atoms with Crippen molar-refractivity contribution in [1.29, 1.82) is 0 Å². The highest BCUT2D eigenvalue weighted by atomic mass is 32.1. The van der Waals surface area contributed by atoms with E-state index in [1.54, 1.807) is 18.4 Å². The van der Waals surface area contributed by atoms with E-state index < -0.39 is 0 Å². The minimum Gasteiger partial charge on any atom is -0.494 e. The molecule has 8 rings (SSSR count). The lowest BCUT2D eigenvalue weighted by Crippen LogP contribution is -2.45. The summed E-state index contributed by atoms with van der Waals surface area (Å²) >= 11 is 1.71. The number of fused-ring (bicyclic) bond motifs is 2. The summed E-state index contributed by atoms with van der Waals surface area (Å²) in [5, 5.41) is 2.16. The Kier molecular flexibility index (Phi) is 7.76. The largest absolute Gasteiger partial charge is 0.494 e. The van der Waals surface area contributed by atoms with Gasteiger partial charge in [-0.1, -0.05) is 6.92 Å². The zero-order valence-electron chi connectivity index (χ0n) is 27.9. The normalized spacial score (nSPS) is 16.7. The number of ether oxygens (including phenoxy) is 1. The summed E-state index contributed by atoms with van der Waals surface area (Å²) in [6, 6.07) is 14.2. The molecule has 2 fully saturated rings. The monoisotopic (exact) mass is 660 g/mol. The number of carbonyl (C=O) groups excluding carboxylic acids is 1. The maximum atomic E-state index is 13.6. The van der Waals surface area contributed by atoms with Gasteiger partial charge in [0, 0.05) is 55.4 Å². The molecule has 0 spiro atoms. The van der Waals surface area contributed by atoms with Gasteiger partial charge >= 0.3 is 0 Å². The minimum absolute atomic E-state index is 0.00719. The summed E-state index contributed by atoms with van der Waals surface area (Å²) in [7, 11) is 3.66. The van der Waals surface area contributed by atoms with Crippen LogP contribution in [0.5, 0.6) is 5.75 Å². The molecule has 1 aliphatic heterocycles. The van der Waals surface area contributed by atoms with Crippen molar-refractivity contribution < 1.29 is 9.53 Å².